The molecule has 1 N–H and O–H groups in total. The smallest absolute Gasteiger partial charge is 0.125 e. The van der Waals surface area contributed by atoms with Crippen molar-refractivity contribution in [2.45, 2.75) is 46.5 Å². The second kappa shape index (κ2) is 9.16. The van der Waals surface area contributed by atoms with Crippen molar-refractivity contribution in [2.24, 2.45) is 0 Å². The van der Waals surface area contributed by atoms with Crippen LogP contribution in [0.25, 0.3) is 0 Å². The summed E-state index contributed by atoms with van der Waals surface area (Å²) < 4.78 is 6.01. The zero-order chi connectivity index (χ0) is 15.8. The molecule has 0 unspecified atom stereocenters. The molecular formula is C19H32N2O. The lowest BCUT2D eigenvalue weighted by atomic mass is 10.0. The Morgan fingerprint density at radius 1 is 1.18 bits per heavy atom. The lowest BCUT2D eigenvalue weighted by molar-refractivity contribution is 0.286. The van der Waals surface area contributed by atoms with Gasteiger partial charge in [0, 0.05) is 13.1 Å². The molecule has 1 aromatic carbocycles. The minimum atomic E-state index is 0.814. The highest BCUT2D eigenvalue weighted by Crippen LogP contribution is 2.27. The van der Waals surface area contributed by atoms with Crippen molar-refractivity contribution in [3.05, 3.63) is 28.8 Å². The molecule has 0 saturated carbocycles. The highest BCUT2D eigenvalue weighted by Gasteiger charge is 2.11. The van der Waals surface area contributed by atoms with Gasteiger partial charge in [0.2, 0.25) is 0 Å². The molecular weight excluding hydrogens is 272 g/mol. The Morgan fingerprint density at radius 3 is 2.86 bits per heavy atom. The van der Waals surface area contributed by atoms with Crippen LogP contribution in [0.1, 0.15) is 42.9 Å². The molecule has 1 heterocycles. The van der Waals surface area contributed by atoms with Crippen LogP contribution in [0.2, 0.25) is 0 Å². The summed E-state index contributed by atoms with van der Waals surface area (Å²) in [4.78, 5) is 2.59. The number of rotatable bonds is 7. The Kier molecular flexibility index (Phi) is 7.20. The van der Waals surface area contributed by atoms with E-state index in [4.69, 9.17) is 4.74 Å². The first kappa shape index (κ1) is 17.3. The monoisotopic (exact) mass is 304 g/mol. The summed E-state index contributed by atoms with van der Waals surface area (Å²) >= 11 is 0. The standard InChI is InChI=1S/C19H32N2O/c1-4-13-22-19-17(3)14-16(2)15-18(19)7-5-10-21-11-6-8-20-9-12-21/h14-15,20H,4-13H2,1-3H3. The molecule has 1 aliphatic heterocycles. The molecule has 22 heavy (non-hydrogen) atoms. The summed E-state index contributed by atoms with van der Waals surface area (Å²) in [5, 5.41) is 3.47. The molecule has 0 bridgehead atoms. The number of ether oxygens (including phenoxy) is 1. The summed E-state index contributed by atoms with van der Waals surface area (Å²) in [6, 6.07) is 4.54. The van der Waals surface area contributed by atoms with Crippen molar-refractivity contribution >= 4 is 0 Å². The molecule has 0 aliphatic carbocycles. The largest absolute Gasteiger partial charge is 0.493 e. The molecule has 0 atom stereocenters. The Morgan fingerprint density at radius 2 is 2.05 bits per heavy atom. The zero-order valence-electron chi connectivity index (χ0n) is 14.6. The number of hydrogen-bond acceptors (Lipinski definition) is 3. The molecule has 0 amide bonds. The molecule has 0 aromatic heterocycles. The van der Waals surface area contributed by atoms with E-state index in [1.54, 1.807) is 0 Å². The van der Waals surface area contributed by atoms with Crippen molar-refractivity contribution in [3.8, 4) is 5.75 Å². The van der Waals surface area contributed by atoms with Gasteiger partial charge in [0.1, 0.15) is 5.75 Å². The van der Waals surface area contributed by atoms with Gasteiger partial charge in [-0.15, -0.1) is 0 Å². The lowest BCUT2D eigenvalue weighted by Gasteiger charge is -2.20. The Bertz CT molecular complexity index is 451. The quantitative estimate of drug-likeness (QED) is 0.836. The minimum Gasteiger partial charge on any atom is -0.493 e. The summed E-state index contributed by atoms with van der Waals surface area (Å²) in [7, 11) is 0. The fourth-order valence-corrected chi connectivity index (χ4v) is 3.26. The first-order valence-electron chi connectivity index (χ1n) is 8.86. The summed E-state index contributed by atoms with van der Waals surface area (Å²) in [6.07, 6.45) is 4.67. The number of aryl methyl sites for hydroxylation is 3. The van der Waals surface area contributed by atoms with Crippen molar-refractivity contribution < 1.29 is 4.74 Å². The maximum absolute atomic E-state index is 6.01. The Balaban J connectivity index is 1.92. The van der Waals surface area contributed by atoms with Crippen LogP contribution < -0.4 is 10.1 Å². The van der Waals surface area contributed by atoms with Gasteiger partial charge >= 0.3 is 0 Å². The van der Waals surface area contributed by atoms with Crippen LogP contribution in [-0.2, 0) is 6.42 Å². The first-order valence-corrected chi connectivity index (χ1v) is 8.86. The van der Waals surface area contributed by atoms with Crippen LogP contribution in [-0.4, -0.2) is 44.2 Å². The van der Waals surface area contributed by atoms with Gasteiger partial charge in [-0.1, -0.05) is 24.6 Å². The number of hydrogen-bond donors (Lipinski definition) is 1. The third-order valence-electron chi connectivity index (χ3n) is 4.30. The molecule has 124 valence electrons. The van der Waals surface area contributed by atoms with Gasteiger partial charge in [0.05, 0.1) is 6.61 Å². The molecule has 1 aromatic rings. The highest BCUT2D eigenvalue weighted by molar-refractivity contribution is 5.44. The molecule has 1 fully saturated rings. The summed E-state index contributed by atoms with van der Waals surface area (Å²) in [5.74, 6) is 1.13. The van der Waals surface area contributed by atoms with Crippen LogP contribution in [0.4, 0.5) is 0 Å². The van der Waals surface area contributed by atoms with E-state index in [1.165, 1.54) is 55.7 Å². The molecule has 1 saturated heterocycles. The van der Waals surface area contributed by atoms with Crippen LogP contribution in [0.5, 0.6) is 5.75 Å². The Hall–Kier alpha value is -1.06. The van der Waals surface area contributed by atoms with Crippen LogP contribution in [0.15, 0.2) is 12.1 Å². The van der Waals surface area contributed by atoms with E-state index in [0.29, 0.717) is 0 Å². The van der Waals surface area contributed by atoms with Gasteiger partial charge in [-0.3, -0.25) is 0 Å². The molecule has 2 rings (SSSR count). The van der Waals surface area contributed by atoms with Crippen LogP contribution >= 0.6 is 0 Å². The number of nitrogens with one attached hydrogen (secondary N) is 1. The topological polar surface area (TPSA) is 24.5 Å². The molecule has 0 radical (unpaired) electrons. The van der Waals surface area contributed by atoms with Crippen molar-refractivity contribution in [3.63, 3.8) is 0 Å². The van der Waals surface area contributed by atoms with E-state index in [2.05, 4.69) is 43.1 Å². The van der Waals surface area contributed by atoms with E-state index in [9.17, 15) is 0 Å². The van der Waals surface area contributed by atoms with Gasteiger partial charge in [0.25, 0.3) is 0 Å². The van der Waals surface area contributed by atoms with Gasteiger partial charge in [0.15, 0.2) is 0 Å². The minimum absolute atomic E-state index is 0.814. The molecule has 0 spiro atoms. The van der Waals surface area contributed by atoms with Crippen LogP contribution in [0.3, 0.4) is 0 Å². The van der Waals surface area contributed by atoms with E-state index in [-0.39, 0.29) is 0 Å². The van der Waals surface area contributed by atoms with E-state index in [1.807, 2.05) is 0 Å². The van der Waals surface area contributed by atoms with Gasteiger partial charge in [-0.05, 0) is 70.3 Å². The molecule has 3 nitrogen and oxygen atoms in total. The van der Waals surface area contributed by atoms with Crippen LogP contribution in [0, 0.1) is 13.8 Å². The van der Waals surface area contributed by atoms with Crippen molar-refractivity contribution in [2.75, 3.05) is 39.3 Å². The SMILES string of the molecule is CCCOc1c(C)cc(C)cc1CCCN1CCCNCC1. The van der Waals surface area contributed by atoms with Gasteiger partial charge < -0.3 is 15.0 Å². The highest BCUT2D eigenvalue weighted by atomic mass is 16.5. The zero-order valence-corrected chi connectivity index (χ0v) is 14.6. The predicted octanol–water partition coefficient (Wildman–Crippen LogP) is 3.32. The van der Waals surface area contributed by atoms with E-state index >= 15 is 0 Å². The second-order valence-corrected chi connectivity index (χ2v) is 6.47. The first-order chi connectivity index (χ1) is 10.7. The third kappa shape index (κ3) is 5.29. The lowest BCUT2D eigenvalue weighted by Crippen LogP contribution is -2.29. The third-order valence-corrected chi connectivity index (χ3v) is 4.30. The fraction of sp³-hybridized carbons (Fsp3) is 0.684. The van der Waals surface area contributed by atoms with Crippen molar-refractivity contribution in [1.29, 1.82) is 0 Å². The average molecular weight is 304 g/mol. The number of nitrogens with zero attached hydrogens (tertiary/aromatic N) is 1. The second-order valence-electron chi connectivity index (χ2n) is 6.47. The Labute approximate surface area is 136 Å². The van der Waals surface area contributed by atoms with Crippen molar-refractivity contribution in [1.82, 2.24) is 10.2 Å². The predicted molar refractivity (Wildman–Crippen MR) is 93.9 cm³/mol. The maximum Gasteiger partial charge on any atom is 0.125 e. The fourth-order valence-electron chi connectivity index (χ4n) is 3.26. The molecule has 3 heteroatoms. The van der Waals surface area contributed by atoms with Gasteiger partial charge in [-0.25, -0.2) is 0 Å². The molecule has 1 aliphatic rings. The maximum atomic E-state index is 6.01. The number of benzene rings is 1. The normalized spacial score (nSPS) is 16.5. The average Bonchev–Trinajstić information content (AvgIpc) is 2.75. The summed E-state index contributed by atoms with van der Waals surface area (Å²) in [6.45, 7) is 13.2. The van der Waals surface area contributed by atoms with E-state index < -0.39 is 0 Å². The summed E-state index contributed by atoms with van der Waals surface area (Å²) in [5.41, 5.74) is 4.01. The van der Waals surface area contributed by atoms with E-state index in [0.717, 1.165) is 31.7 Å². The van der Waals surface area contributed by atoms with Gasteiger partial charge in [-0.2, -0.15) is 0 Å².